The molecule has 0 saturated heterocycles. The molecule has 0 atom stereocenters. The lowest BCUT2D eigenvalue weighted by molar-refractivity contribution is -0.117. The molecule has 0 aromatic carbocycles. The van der Waals surface area contributed by atoms with Crippen molar-refractivity contribution in [1.82, 2.24) is 5.32 Å². The van der Waals surface area contributed by atoms with Gasteiger partial charge in [-0.1, -0.05) is 18.7 Å². The highest BCUT2D eigenvalue weighted by Gasteiger charge is 2.21. The summed E-state index contributed by atoms with van der Waals surface area (Å²) >= 11 is 0. The summed E-state index contributed by atoms with van der Waals surface area (Å²) in [6.45, 7) is 9.51. The fourth-order valence-corrected chi connectivity index (χ4v) is 1.99. The Balaban J connectivity index is 2.32. The molecule has 1 rings (SSSR count). The van der Waals surface area contributed by atoms with Crippen molar-refractivity contribution in [1.29, 1.82) is 0 Å². The molecule has 0 aromatic heterocycles. The van der Waals surface area contributed by atoms with Crippen molar-refractivity contribution in [3.8, 4) is 0 Å². The van der Waals surface area contributed by atoms with Gasteiger partial charge in [-0.2, -0.15) is 0 Å². The molecule has 1 N–H and O–H groups in total. The van der Waals surface area contributed by atoms with Gasteiger partial charge in [-0.3, -0.25) is 4.79 Å². The monoisotopic (exact) mass is 193 g/mol. The molecule has 0 aliphatic heterocycles. The highest BCUT2D eigenvalue weighted by molar-refractivity contribution is 5.87. The van der Waals surface area contributed by atoms with Crippen molar-refractivity contribution in [2.75, 3.05) is 0 Å². The SMILES string of the molecule is C=CC(=O)NC1CCC(C(=C)C)CC1. The third-order valence-electron chi connectivity index (χ3n) is 2.96. The Morgan fingerprint density at radius 2 is 1.93 bits per heavy atom. The molecular formula is C12H19NO. The van der Waals surface area contributed by atoms with Crippen molar-refractivity contribution in [2.24, 2.45) is 5.92 Å². The largest absolute Gasteiger partial charge is 0.350 e. The van der Waals surface area contributed by atoms with E-state index < -0.39 is 0 Å². The van der Waals surface area contributed by atoms with Crippen LogP contribution in [0.2, 0.25) is 0 Å². The van der Waals surface area contributed by atoms with Gasteiger partial charge in [-0.05, 0) is 44.6 Å². The van der Waals surface area contributed by atoms with Gasteiger partial charge in [0.2, 0.25) is 5.91 Å². The Bertz CT molecular complexity index is 237. The third-order valence-corrected chi connectivity index (χ3v) is 2.96. The van der Waals surface area contributed by atoms with E-state index in [0.29, 0.717) is 12.0 Å². The summed E-state index contributed by atoms with van der Waals surface area (Å²) in [5.74, 6) is 0.607. The van der Waals surface area contributed by atoms with Crippen molar-refractivity contribution in [3.63, 3.8) is 0 Å². The van der Waals surface area contributed by atoms with Gasteiger partial charge in [0, 0.05) is 6.04 Å². The fraction of sp³-hybridized carbons (Fsp3) is 0.583. The first-order valence-electron chi connectivity index (χ1n) is 5.21. The third kappa shape index (κ3) is 3.02. The van der Waals surface area contributed by atoms with E-state index in [2.05, 4.69) is 25.4 Å². The summed E-state index contributed by atoms with van der Waals surface area (Å²) in [6, 6.07) is 0.344. The van der Waals surface area contributed by atoms with Crippen LogP contribution in [0.15, 0.2) is 24.8 Å². The van der Waals surface area contributed by atoms with Crippen LogP contribution in [0.4, 0.5) is 0 Å². The number of carbonyl (C=O) groups excluding carboxylic acids is 1. The number of allylic oxidation sites excluding steroid dienone is 1. The van der Waals surface area contributed by atoms with E-state index in [4.69, 9.17) is 0 Å². The Kier molecular flexibility index (Phi) is 3.93. The van der Waals surface area contributed by atoms with Crippen LogP contribution < -0.4 is 5.32 Å². The second-order valence-corrected chi connectivity index (χ2v) is 4.11. The molecule has 0 aromatic rings. The van der Waals surface area contributed by atoms with Crippen molar-refractivity contribution in [3.05, 3.63) is 24.8 Å². The van der Waals surface area contributed by atoms with E-state index in [0.717, 1.165) is 25.7 Å². The zero-order valence-corrected chi connectivity index (χ0v) is 8.88. The summed E-state index contributed by atoms with van der Waals surface area (Å²) in [5.41, 5.74) is 1.28. The van der Waals surface area contributed by atoms with E-state index in [1.54, 1.807) is 0 Å². The van der Waals surface area contributed by atoms with Gasteiger partial charge in [0.25, 0.3) is 0 Å². The molecule has 1 aliphatic rings. The second-order valence-electron chi connectivity index (χ2n) is 4.11. The maximum atomic E-state index is 11.0. The first-order chi connectivity index (χ1) is 6.63. The molecule has 2 nitrogen and oxygen atoms in total. The Morgan fingerprint density at radius 3 is 2.36 bits per heavy atom. The van der Waals surface area contributed by atoms with E-state index in [9.17, 15) is 4.79 Å². The zero-order chi connectivity index (χ0) is 10.6. The normalized spacial score (nSPS) is 26.6. The van der Waals surface area contributed by atoms with Crippen molar-refractivity contribution < 1.29 is 4.79 Å². The van der Waals surface area contributed by atoms with Crippen LogP contribution in [-0.2, 0) is 4.79 Å². The number of rotatable bonds is 3. The molecule has 0 bridgehead atoms. The summed E-state index contributed by atoms with van der Waals surface area (Å²) in [4.78, 5) is 11.0. The minimum atomic E-state index is -0.0521. The summed E-state index contributed by atoms with van der Waals surface area (Å²) in [5, 5.41) is 2.94. The average molecular weight is 193 g/mol. The highest BCUT2D eigenvalue weighted by Crippen LogP contribution is 2.28. The maximum Gasteiger partial charge on any atom is 0.243 e. The van der Waals surface area contributed by atoms with Crippen molar-refractivity contribution in [2.45, 2.75) is 38.6 Å². The average Bonchev–Trinajstić information content (AvgIpc) is 2.18. The maximum absolute atomic E-state index is 11.0. The smallest absolute Gasteiger partial charge is 0.243 e. The first kappa shape index (κ1) is 11.0. The first-order valence-corrected chi connectivity index (χ1v) is 5.21. The molecule has 0 unspecified atom stereocenters. The van der Waals surface area contributed by atoms with Gasteiger partial charge in [0.05, 0.1) is 0 Å². The molecule has 2 heteroatoms. The van der Waals surface area contributed by atoms with Crippen LogP contribution in [-0.4, -0.2) is 11.9 Å². The Hall–Kier alpha value is -1.05. The number of nitrogens with one attached hydrogen (secondary N) is 1. The molecule has 0 spiro atoms. The van der Waals surface area contributed by atoms with Gasteiger partial charge in [0.1, 0.15) is 0 Å². The number of carbonyl (C=O) groups is 1. The molecule has 0 heterocycles. The molecule has 14 heavy (non-hydrogen) atoms. The fourth-order valence-electron chi connectivity index (χ4n) is 1.99. The molecule has 1 amide bonds. The highest BCUT2D eigenvalue weighted by atomic mass is 16.1. The molecular weight excluding hydrogens is 174 g/mol. The van der Waals surface area contributed by atoms with E-state index in [-0.39, 0.29) is 5.91 Å². The minimum absolute atomic E-state index is 0.0521. The standard InChI is InChI=1S/C12H19NO/c1-4-12(14)13-11-7-5-10(6-8-11)9(2)3/h4,10-11H,1-2,5-8H2,3H3,(H,13,14). The molecule has 78 valence electrons. The minimum Gasteiger partial charge on any atom is -0.350 e. The second kappa shape index (κ2) is 4.99. The van der Waals surface area contributed by atoms with E-state index in [1.807, 2.05) is 0 Å². The lowest BCUT2D eigenvalue weighted by atomic mass is 9.82. The van der Waals surface area contributed by atoms with Crippen LogP contribution in [0.25, 0.3) is 0 Å². The van der Waals surface area contributed by atoms with Gasteiger partial charge in [-0.15, -0.1) is 0 Å². The van der Waals surface area contributed by atoms with Crippen LogP contribution in [0.5, 0.6) is 0 Å². The number of amides is 1. The lowest BCUT2D eigenvalue weighted by Crippen LogP contribution is -2.36. The number of hydrogen-bond acceptors (Lipinski definition) is 1. The topological polar surface area (TPSA) is 29.1 Å². The molecule has 1 saturated carbocycles. The van der Waals surface area contributed by atoms with Crippen molar-refractivity contribution >= 4 is 5.91 Å². The molecule has 1 aliphatic carbocycles. The van der Waals surface area contributed by atoms with E-state index >= 15 is 0 Å². The molecule has 1 fully saturated rings. The van der Waals surface area contributed by atoms with Crippen LogP contribution in [0, 0.1) is 5.92 Å². The van der Waals surface area contributed by atoms with Gasteiger partial charge in [0.15, 0.2) is 0 Å². The molecule has 0 radical (unpaired) electrons. The Labute approximate surface area is 86.1 Å². The zero-order valence-electron chi connectivity index (χ0n) is 8.88. The number of hydrogen-bond donors (Lipinski definition) is 1. The lowest BCUT2D eigenvalue weighted by Gasteiger charge is -2.29. The van der Waals surface area contributed by atoms with Crippen LogP contribution in [0.1, 0.15) is 32.6 Å². The van der Waals surface area contributed by atoms with E-state index in [1.165, 1.54) is 11.6 Å². The summed E-state index contributed by atoms with van der Waals surface area (Å²) in [7, 11) is 0. The van der Waals surface area contributed by atoms with Gasteiger partial charge < -0.3 is 5.32 Å². The quantitative estimate of drug-likeness (QED) is 0.541. The predicted octanol–water partition coefficient (Wildman–Crippen LogP) is 2.42. The summed E-state index contributed by atoms with van der Waals surface area (Å²) < 4.78 is 0. The Morgan fingerprint density at radius 1 is 1.36 bits per heavy atom. The predicted molar refractivity (Wildman–Crippen MR) is 58.9 cm³/mol. The van der Waals surface area contributed by atoms with Crippen LogP contribution in [0.3, 0.4) is 0 Å². The van der Waals surface area contributed by atoms with Gasteiger partial charge in [-0.25, -0.2) is 0 Å². The van der Waals surface area contributed by atoms with Gasteiger partial charge >= 0.3 is 0 Å². The van der Waals surface area contributed by atoms with Crippen LogP contribution >= 0.6 is 0 Å². The summed E-state index contributed by atoms with van der Waals surface area (Å²) in [6.07, 6.45) is 5.77.